The third-order valence-corrected chi connectivity index (χ3v) is 1.64. The van der Waals surface area contributed by atoms with Gasteiger partial charge in [0, 0.05) is 6.54 Å². The van der Waals surface area contributed by atoms with Crippen LogP contribution in [0.3, 0.4) is 0 Å². The number of aliphatic carboxylic acids is 1. The summed E-state index contributed by atoms with van der Waals surface area (Å²) < 4.78 is 0. The van der Waals surface area contributed by atoms with Gasteiger partial charge in [-0.15, -0.1) is 0 Å². The molecule has 0 aromatic heterocycles. The van der Waals surface area contributed by atoms with Crippen molar-refractivity contribution in [3.05, 3.63) is 0 Å². The van der Waals surface area contributed by atoms with Gasteiger partial charge in [0.05, 0.1) is 0 Å². The second-order valence-electron chi connectivity index (χ2n) is 2.95. The van der Waals surface area contributed by atoms with E-state index in [4.69, 9.17) is 16.2 Å². The van der Waals surface area contributed by atoms with Crippen molar-refractivity contribution in [2.24, 2.45) is 5.73 Å². The lowest BCUT2D eigenvalue weighted by Crippen LogP contribution is -2.40. The van der Waals surface area contributed by atoms with Crippen molar-refractivity contribution in [1.29, 1.82) is 5.41 Å². The predicted octanol–water partition coefficient (Wildman–Crippen LogP) is -1.13. The standard InChI is InChI=1S/C7H16N4O2/c1-11(2)5(6(12)13)3-4-10-7(8)9/h5H,3-4H2,1-2H3,(H,12,13)(H4,8,9,10)/t5-/m1/s1. The number of rotatable bonds is 5. The largest absolute Gasteiger partial charge is 0.480 e. The molecule has 0 amide bonds. The molecule has 76 valence electrons. The highest BCUT2D eigenvalue weighted by molar-refractivity contribution is 5.75. The van der Waals surface area contributed by atoms with Crippen molar-refractivity contribution in [3.63, 3.8) is 0 Å². The molecule has 0 aromatic carbocycles. The Morgan fingerprint density at radius 3 is 2.54 bits per heavy atom. The molecule has 13 heavy (non-hydrogen) atoms. The quantitative estimate of drug-likeness (QED) is 0.323. The lowest BCUT2D eigenvalue weighted by Gasteiger charge is -2.19. The molecular formula is C7H16N4O2. The molecule has 0 unspecified atom stereocenters. The summed E-state index contributed by atoms with van der Waals surface area (Å²) in [5.41, 5.74) is 5.04. The normalized spacial score (nSPS) is 12.5. The fourth-order valence-electron chi connectivity index (χ4n) is 0.946. The number of guanidine groups is 1. The molecule has 0 saturated carbocycles. The van der Waals surface area contributed by atoms with Crippen molar-refractivity contribution >= 4 is 11.9 Å². The molecule has 0 aliphatic carbocycles. The van der Waals surface area contributed by atoms with Gasteiger partial charge in [0.15, 0.2) is 5.96 Å². The number of carboxylic acids is 1. The van der Waals surface area contributed by atoms with Crippen LogP contribution in [0, 0.1) is 5.41 Å². The zero-order valence-electron chi connectivity index (χ0n) is 7.87. The summed E-state index contributed by atoms with van der Waals surface area (Å²) in [6.07, 6.45) is 0.419. The summed E-state index contributed by atoms with van der Waals surface area (Å²) in [6.45, 7) is 0.393. The van der Waals surface area contributed by atoms with E-state index in [2.05, 4.69) is 5.32 Å². The van der Waals surface area contributed by atoms with Crippen LogP contribution in [0.1, 0.15) is 6.42 Å². The van der Waals surface area contributed by atoms with Gasteiger partial charge in [0.1, 0.15) is 6.04 Å². The van der Waals surface area contributed by atoms with E-state index >= 15 is 0 Å². The zero-order chi connectivity index (χ0) is 10.4. The van der Waals surface area contributed by atoms with Crippen LogP contribution < -0.4 is 11.1 Å². The molecule has 0 bridgehead atoms. The Morgan fingerprint density at radius 1 is 1.69 bits per heavy atom. The Kier molecular flexibility index (Phi) is 4.83. The summed E-state index contributed by atoms with van der Waals surface area (Å²) in [5, 5.41) is 18.2. The molecule has 0 rings (SSSR count). The lowest BCUT2D eigenvalue weighted by atomic mass is 10.2. The summed E-state index contributed by atoms with van der Waals surface area (Å²) >= 11 is 0. The molecule has 5 N–H and O–H groups in total. The van der Waals surface area contributed by atoms with Gasteiger partial charge >= 0.3 is 5.97 Å². The van der Waals surface area contributed by atoms with E-state index in [0.717, 1.165) is 0 Å². The Bertz CT molecular complexity index is 193. The Labute approximate surface area is 77.2 Å². The molecular weight excluding hydrogens is 172 g/mol. The minimum atomic E-state index is -0.865. The first kappa shape index (κ1) is 11.7. The third kappa shape index (κ3) is 5.02. The first-order chi connectivity index (χ1) is 5.95. The van der Waals surface area contributed by atoms with Gasteiger partial charge in [0.25, 0.3) is 0 Å². The first-order valence-corrected chi connectivity index (χ1v) is 3.92. The second kappa shape index (κ2) is 5.36. The summed E-state index contributed by atoms with van der Waals surface area (Å²) in [5.74, 6) is -1.00. The smallest absolute Gasteiger partial charge is 0.320 e. The number of hydrogen-bond donors (Lipinski definition) is 4. The second-order valence-corrected chi connectivity index (χ2v) is 2.95. The third-order valence-electron chi connectivity index (χ3n) is 1.64. The van der Waals surface area contributed by atoms with Crippen LogP contribution in [-0.2, 0) is 4.79 Å². The number of carbonyl (C=O) groups is 1. The van der Waals surface area contributed by atoms with E-state index in [1.165, 1.54) is 0 Å². The van der Waals surface area contributed by atoms with Gasteiger partial charge in [-0.05, 0) is 20.5 Å². The number of nitrogens with two attached hydrogens (primary N) is 1. The van der Waals surface area contributed by atoms with Gasteiger partial charge in [-0.1, -0.05) is 0 Å². The number of likely N-dealkylation sites (N-methyl/N-ethyl adjacent to an activating group) is 1. The lowest BCUT2D eigenvalue weighted by molar-refractivity contribution is -0.142. The number of nitrogens with one attached hydrogen (secondary N) is 2. The molecule has 0 heterocycles. The molecule has 6 heteroatoms. The molecule has 0 spiro atoms. The Morgan fingerprint density at radius 2 is 2.23 bits per heavy atom. The maximum Gasteiger partial charge on any atom is 0.320 e. The molecule has 0 aliphatic rings. The maximum absolute atomic E-state index is 10.7. The van der Waals surface area contributed by atoms with E-state index in [-0.39, 0.29) is 5.96 Å². The highest BCUT2D eigenvalue weighted by Gasteiger charge is 2.18. The van der Waals surface area contributed by atoms with Crippen LogP contribution in [0.2, 0.25) is 0 Å². The highest BCUT2D eigenvalue weighted by atomic mass is 16.4. The number of carboxylic acid groups (broad SMARTS) is 1. The average molecular weight is 188 g/mol. The van der Waals surface area contributed by atoms with Crippen LogP contribution >= 0.6 is 0 Å². The molecule has 0 aromatic rings. The topological polar surface area (TPSA) is 102 Å². The van der Waals surface area contributed by atoms with Gasteiger partial charge in [-0.2, -0.15) is 0 Å². The van der Waals surface area contributed by atoms with E-state index in [1.807, 2.05) is 0 Å². The molecule has 0 aliphatic heterocycles. The number of hydrogen-bond acceptors (Lipinski definition) is 3. The van der Waals surface area contributed by atoms with Crippen LogP contribution in [0.5, 0.6) is 0 Å². The predicted molar refractivity (Wildman–Crippen MR) is 49.6 cm³/mol. The van der Waals surface area contributed by atoms with Crippen molar-refractivity contribution in [3.8, 4) is 0 Å². The molecule has 1 atom stereocenters. The van der Waals surface area contributed by atoms with Crippen LogP contribution in [0.4, 0.5) is 0 Å². The SMILES string of the molecule is CN(C)[C@H](CCNC(=N)N)C(=O)O. The van der Waals surface area contributed by atoms with Gasteiger partial charge < -0.3 is 16.2 Å². The van der Waals surface area contributed by atoms with Crippen molar-refractivity contribution in [1.82, 2.24) is 10.2 Å². The number of nitrogens with zero attached hydrogens (tertiary/aromatic N) is 1. The highest BCUT2D eigenvalue weighted by Crippen LogP contribution is 1.98. The first-order valence-electron chi connectivity index (χ1n) is 3.92. The molecule has 0 saturated heterocycles. The van der Waals surface area contributed by atoms with Gasteiger partial charge in [0.2, 0.25) is 0 Å². The Balaban J connectivity index is 3.84. The van der Waals surface area contributed by atoms with Crippen LogP contribution in [0.15, 0.2) is 0 Å². The molecule has 0 radical (unpaired) electrons. The summed E-state index contributed by atoms with van der Waals surface area (Å²) in [4.78, 5) is 12.3. The van der Waals surface area contributed by atoms with Crippen molar-refractivity contribution in [2.75, 3.05) is 20.6 Å². The minimum Gasteiger partial charge on any atom is -0.480 e. The van der Waals surface area contributed by atoms with Crippen molar-refractivity contribution < 1.29 is 9.90 Å². The van der Waals surface area contributed by atoms with Crippen molar-refractivity contribution in [2.45, 2.75) is 12.5 Å². The fraction of sp³-hybridized carbons (Fsp3) is 0.714. The fourth-order valence-corrected chi connectivity index (χ4v) is 0.946. The van der Waals surface area contributed by atoms with Gasteiger partial charge in [-0.25, -0.2) is 0 Å². The monoisotopic (exact) mass is 188 g/mol. The zero-order valence-corrected chi connectivity index (χ0v) is 7.87. The van der Waals surface area contributed by atoms with Gasteiger partial charge in [-0.3, -0.25) is 15.1 Å². The van der Waals surface area contributed by atoms with E-state index in [1.54, 1.807) is 19.0 Å². The van der Waals surface area contributed by atoms with E-state index in [0.29, 0.717) is 13.0 Å². The van der Waals surface area contributed by atoms with Crippen LogP contribution in [0.25, 0.3) is 0 Å². The van der Waals surface area contributed by atoms with Crippen LogP contribution in [-0.4, -0.2) is 48.6 Å². The maximum atomic E-state index is 10.7. The summed E-state index contributed by atoms with van der Waals surface area (Å²) in [7, 11) is 3.40. The summed E-state index contributed by atoms with van der Waals surface area (Å²) in [6, 6.07) is -0.535. The van der Waals surface area contributed by atoms with E-state index in [9.17, 15) is 4.79 Å². The average Bonchev–Trinajstić information content (AvgIpc) is 1.95. The molecule has 6 nitrogen and oxygen atoms in total. The minimum absolute atomic E-state index is 0.136. The van der Waals surface area contributed by atoms with E-state index < -0.39 is 12.0 Å². The Hall–Kier alpha value is -1.30. The molecule has 0 fully saturated rings.